The van der Waals surface area contributed by atoms with Gasteiger partial charge in [0.15, 0.2) is 5.82 Å². The standard InChI is InChI=1S/C23H29N7O3S/c1-34(33)28-19-5-3-2-4-17(19)14-29-12-9-23(8-11-24,10-13-29)30-15-18(20(25)31)21(27-30)26-22(32)16-6-7-16/h2-5,15-16,28H,6-10,12-14H2,1H3,(H2,25,31)(H,26,27,32). The van der Waals surface area contributed by atoms with E-state index in [0.717, 1.165) is 24.1 Å². The Balaban J connectivity index is 1.51. The van der Waals surface area contributed by atoms with Gasteiger partial charge in [-0.2, -0.15) is 10.4 Å². The molecule has 2 fully saturated rings. The molecule has 2 aliphatic rings. The molecule has 1 aromatic heterocycles. The molecule has 1 unspecified atom stereocenters. The summed E-state index contributed by atoms with van der Waals surface area (Å²) in [6.45, 7) is 2.10. The second kappa shape index (κ2) is 10.0. The van der Waals surface area contributed by atoms with Crippen LogP contribution in [0.4, 0.5) is 11.5 Å². The average Bonchev–Trinajstić information content (AvgIpc) is 3.56. The molecule has 10 nitrogen and oxygen atoms in total. The maximum Gasteiger partial charge on any atom is 0.254 e. The number of benzene rings is 1. The van der Waals surface area contributed by atoms with E-state index in [4.69, 9.17) is 5.73 Å². The van der Waals surface area contributed by atoms with E-state index in [-0.39, 0.29) is 29.6 Å². The van der Waals surface area contributed by atoms with Crippen LogP contribution in [0.3, 0.4) is 0 Å². The van der Waals surface area contributed by atoms with Gasteiger partial charge in [0.05, 0.1) is 35.1 Å². The molecule has 2 amide bonds. The number of nitrogens with two attached hydrogens (primary N) is 1. The van der Waals surface area contributed by atoms with Crippen molar-refractivity contribution in [1.29, 1.82) is 5.26 Å². The number of nitriles is 1. The Morgan fingerprint density at radius 3 is 2.65 bits per heavy atom. The summed E-state index contributed by atoms with van der Waals surface area (Å²) in [5, 5.41) is 16.8. The third-order valence-electron chi connectivity index (χ3n) is 6.52. The molecule has 2 aromatic rings. The van der Waals surface area contributed by atoms with Crippen molar-refractivity contribution in [3.8, 4) is 6.07 Å². The molecule has 1 saturated heterocycles. The molecule has 1 aliphatic heterocycles. The van der Waals surface area contributed by atoms with Gasteiger partial charge in [0.25, 0.3) is 5.91 Å². The summed E-state index contributed by atoms with van der Waals surface area (Å²) in [4.78, 5) is 26.6. The normalized spacial score (nSPS) is 18.6. The fourth-order valence-electron chi connectivity index (χ4n) is 4.37. The lowest BCUT2D eigenvalue weighted by atomic mass is 9.84. The van der Waals surface area contributed by atoms with Gasteiger partial charge in [-0.1, -0.05) is 18.2 Å². The number of carbonyl (C=O) groups is 2. The molecule has 180 valence electrons. The van der Waals surface area contributed by atoms with E-state index in [1.54, 1.807) is 17.1 Å². The molecule has 1 aliphatic carbocycles. The molecule has 1 aromatic carbocycles. The summed E-state index contributed by atoms with van der Waals surface area (Å²) in [6, 6.07) is 10.0. The fourth-order valence-corrected chi connectivity index (χ4v) is 4.88. The number of rotatable bonds is 9. The predicted octanol–water partition coefficient (Wildman–Crippen LogP) is 1.94. The Kier molecular flexibility index (Phi) is 7.11. The van der Waals surface area contributed by atoms with E-state index in [1.165, 1.54) is 0 Å². The number of likely N-dealkylation sites (tertiary alicyclic amines) is 1. The van der Waals surface area contributed by atoms with E-state index in [1.807, 2.05) is 24.3 Å². The molecule has 4 N–H and O–H groups in total. The van der Waals surface area contributed by atoms with Crippen LogP contribution in [0.2, 0.25) is 0 Å². The molecule has 1 atom stereocenters. The number of hydrogen-bond acceptors (Lipinski definition) is 7. The SMILES string of the molecule is C[S+]([O-])Nc1ccccc1CN1CCC(CC#N)(n2cc(C(N)=O)c(NC(=O)C3CC3)n2)CC1. The van der Waals surface area contributed by atoms with Crippen molar-refractivity contribution in [3.63, 3.8) is 0 Å². The van der Waals surface area contributed by atoms with Crippen LogP contribution in [0, 0.1) is 17.2 Å². The molecule has 1 saturated carbocycles. The van der Waals surface area contributed by atoms with Crippen LogP contribution in [-0.4, -0.2) is 50.4 Å². The lowest BCUT2D eigenvalue weighted by Gasteiger charge is -2.41. The highest BCUT2D eigenvalue weighted by molar-refractivity contribution is 7.92. The van der Waals surface area contributed by atoms with Crippen LogP contribution in [0.1, 0.15) is 48.0 Å². The first kappa shape index (κ1) is 24.1. The highest BCUT2D eigenvalue weighted by atomic mass is 32.2. The Bertz CT molecular complexity index is 1100. The van der Waals surface area contributed by atoms with E-state index < -0.39 is 22.8 Å². The number of amides is 2. The maximum absolute atomic E-state index is 12.3. The number of nitrogens with one attached hydrogen (secondary N) is 2. The van der Waals surface area contributed by atoms with E-state index in [9.17, 15) is 19.4 Å². The first-order valence-electron chi connectivity index (χ1n) is 11.3. The first-order valence-corrected chi connectivity index (χ1v) is 12.9. The lowest BCUT2D eigenvalue weighted by molar-refractivity contribution is -0.117. The molecule has 0 bridgehead atoms. The third-order valence-corrected chi connectivity index (χ3v) is 7.02. The topological polar surface area (TPSA) is 152 Å². The van der Waals surface area contributed by atoms with Gasteiger partial charge in [-0.15, -0.1) is 0 Å². The monoisotopic (exact) mass is 483 g/mol. The number of nitrogens with zero attached hydrogens (tertiary/aromatic N) is 4. The minimum absolute atomic E-state index is 0.0373. The third kappa shape index (κ3) is 5.35. The highest BCUT2D eigenvalue weighted by Crippen LogP contribution is 2.36. The zero-order chi connectivity index (χ0) is 24.3. The number of aromatic nitrogens is 2. The molecule has 2 heterocycles. The quantitative estimate of drug-likeness (QED) is 0.461. The van der Waals surface area contributed by atoms with Crippen molar-refractivity contribution in [1.82, 2.24) is 14.7 Å². The number of anilines is 2. The summed E-state index contributed by atoms with van der Waals surface area (Å²) < 4.78 is 16.3. The van der Waals surface area contributed by atoms with Crippen LogP contribution < -0.4 is 15.8 Å². The summed E-state index contributed by atoms with van der Waals surface area (Å²) in [5.74, 6) is -0.696. The Hall–Kier alpha value is -3.07. The minimum Gasteiger partial charge on any atom is -0.593 e. The smallest absolute Gasteiger partial charge is 0.254 e. The van der Waals surface area contributed by atoms with Crippen molar-refractivity contribution < 1.29 is 14.1 Å². The van der Waals surface area contributed by atoms with Crippen molar-refractivity contribution in [2.75, 3.05) is 29.4 Å². The van der Waals surface area contributed by atoms with Gasteiger partial charge in [0.1, 0.15) is 11.8 Å². The number of carbonyl (C=O) groups excluding carboxylic acids is 2. The van der Waals surface area contributed by atoms with E-state index >= 15 is 0 Å². The van der Waals surface area contributed by atoms with Gasteiger partial charge in [0, 0.05) is 31.7 Å². The molecular formula is C23H29N7O3S. The van der Waals surface area contributed by atoms with E-state index in [0.29, 0.717) is 32.5 Å². The number of para-hydroxylation sites is 1. The van der Waals surface area contributed by atoms with Crippen molar-refractivity contribution in [2.24, 2.45) is 11.7 Å². The highest BCUT2D eigenvalue weighted by Gasteiger charge is 2.39. The van der Waals surface area contributed by atoms with Crippen LogP contribution >= 0.6 is 0 Å². The maximum atomic E-state index is 12.3. The second-order valence-electron chi connectivity index (χ2n) is 9.01. The predicted molar refractivity (Wildman–Crippen MR) is 129 cm³/mol. The van der Waals surface area contributed by atoms with Crippen LogP contribution in [0.5, 0.6) is 0 Å². The van der Waals surface area contributed by atoms with Gasteiger partial charge in [-0.3, -0.25) is 19.2 Å². The van der Waals surface area contributed by atoms with Gasteiger partial charge in [-0.05, 0) is 37.3 Å². The van der Waals surface area contributed by atoms with Gasteiger partial charge < -0.3 is 15.6 Å². The van der Waals surface area contributed by atoms with Crippen molar-refractivity contribution in [2.45, 2.75) is 44.2 Å². The van der Waals surface area contributed by atoms with Gasteiger partial charge in [0.2, 0.25) is 5.91 Å². The average molecular weight is 484 g/mol. The summed E-state index contributed by atoms with van der Waals surface area (Å²) >= 11 is -1.16. The van der Waals surface area contributed by atoms with Gasteiger partial charge >= 0.3 is 0 Å². The largest absolute Gasteiger partial charge is 0.593 e. The van der Waals surface area contributed by atoms with E-state index in [2.05, 4.69) is 26.1 Å². The number of piperidine rings is 1. The minimum atomic E-state index is -1.16. The van der Waals surface area contributed by atoms with Crippen molar-refractivity contribution in [3.05, 3.63) is 41.6 Å². The zero-order valence-corrected chi connectivity index (χ0v) is 19.9. The molecule has 0 radical (unpaired) electrons. The lowest BCUT2D eigenvalue weighted by Crippen LogP contribution is -2.46. The van der Waals surface area contributed by atoms with Crippen LogP contribution in [0.15, 0.2) is 30.5 Å². The zero-order valence-electron chi connectivity index (χ0n) is 19.1. The fraction of sp³-hybridized carbons (Fsp3) is 0.478. The Morgan fingerprint density at radius 1 is 1.32 bits per heavy atom. The first-order chi connectivity index (χ1) is 16.3. The molecule has 34 heavy (non-hydrogen) atoms. The summed E-state index contributed by atoms with van der Waals surface area (Å²) in [7, 11) is 0. The summed E-state index contributed by atoms with van der Waals surface area (Å²) in [6.07, 6.45) is 6.34. The van der Waals surface area contributed by atoms with Crippen molar-refractivity contribution >= 4 is 34.7 Å². The van der Waals surface area contributed by atoms with Crippen LogP contribution in [-0.2, 0) is 28.2 Å². The molecular weight excluding hydrogens is 454 g/mol. The number of primary amides is 1. The van der Waals surface area contributed by atoms with Crippen LogP contribution in [0.25, 0.3) is 0 Å². The molecule has 11 heteroatoms. The Labute approximate surface area is 201 Å². The Morgan fingerprint density at radius 2 is 2.03 bits per heavy atom. The number of hydrogen-bond donors (Lipinski definition) is 3. The molecule has 0 spiro atoms. The second-order valence-corrected chi connectivity index (χ2v) is 10.1. The van der Waals surface area contributed by atoms with Gasteiger partial charge in [-0.25, -0.2) is 4.72 Å². The summed E-state index contributed by atoms with van der Waals surface area (Å²) in [5.41, 5.74) is 7.00. The molecule has 4 rings (SSSR count).